The number of rotatable bonds is 3. The molecule has 3 N–H and O–H groups in total. The molecule has 154 valence electrons. The smallest absolute Gasteiger partial charge is 0.247 e. The number of H-pyrrole nitrogens is 1. The van der Waals surface area contributed by atoms with Gasteiger partial charge in [-0.2, -0.15) is 5.26 Å². The van der Waals surface area contributed by atoms with E-state index in [1.54, 1.807) is 23.7 Å². The highest BCUT2D eigenvalue weighted by Crippen LogP contribution is 2.55. The number of amides is 1. The molecule has 0 unspecified atom stereocenters. The van der Waals surface area contributed by atoms with Crippen molar-refractivity contribution in [3.05, 3.63) is 82.4 Å². The quantitative estimate of drug-likeness (QED) is 0.618. The van der Waals surface area contributed by atoms with Crippen molar-refractivity contribution in [2.45, 2.75) is 23.0 Å². The van der Waals surface area contributed by atoms with Crippen LogP contribution in [0.25, 0.3) is 0 Å². The number of likely N-dealkylation sites (N-methyl/N-ethyl adjacent to an activating group) is 1. The van der Waals surface area contributed by atoms with Crippen molar-refractivity contribution in [1.82, 2.24) is 10.2 Å². The van der Waals surface area contributed by atoms with E-state index in [1.807, 2.05) is 31.2 Å². The summed E-state index contributed by atoms with van der Waals surface area (Å²) in [6.45, 7) is 2.04. The Morgan fingerprint density at radius 3 is 2.74 bits per heavy atom. The number of benzene rings is 2. The number of carbonyl (C=O) groups is 1. The van der Waals surface area contributed by atoms with Crippen LogP contribution in [0.3, 0.4) is 0 Å². The number of nitriles is 1. The van der Waals surface area contributed by atoms with E-state index in [1.165, 1.54) is 5.56 Å². The molecule has 0 aliphatic carbocycles. The van der Waals surface area contributed by atoms with Crippen LogP contribution in [-0.2, 0) is 16.0 Å². The normalized spacial score (nSPS) is 19.3. The zero-order chi connectivity index (χ0) is 21.8. The second-order valence-corrected chi connectivity index (χ2v) is 8.62. The van der Waals surface area contributed by atoms with Gasteiger partial charge in [-0.1, -0.05) is 35.9 Å². The Labute approximate surface area is 183 Å². The number of nitrogens with one attached hydrogen (secondary N) is 1. The average Bonchev–Trinajstić information content (AvgIpc) is 3.27. The zero-order valence-corrected chi connectivity index (χ0v) is 17.8. The van der Waals surface area contributed by atoms with Crippen molar-refractivity contribution < 1.29 is 9.53 Å². The number of fused-ring (bicyclic) bond motifs is 4. The fourth-order valence-corrected chi connectivity index (χ4v) is 5.21. The van der Waals surface area contributed by atoms with Gasteiger partial charge in [0.1, 0.15) is 17.1 Å². The lowest BCUT2D eigenvalue weighted by Gasteiger charge is -2.32. The van der Waals surface area contributed by atoms with Gasteiger partial charge in [0, 0.05) is 28.9 Å². The fraction of sp³-hybridized carbons (Fsp3) is 0.174. The van der Waals surface area contributed by atoms with Crippen LogP contribution >= 0.6 is 11.8 Å². The Morgan fingerprint density at radius 2 is 2.00 bits per heavy atom. The minimum Gasteiger partial charge on any atom is -0.420 e. The predicted octanol–water partition coefficient (Wildman–Crippen LogP) is 3.36. The van der Waals surface area contributed by atoms with Crippen molar-refractivity contribution in [1.29, 1.82) is 5.26 Å². The zero-order valence-electron chi connectivity index (χ0n) is 17.0. The second-order valence-electron chi connectivity index (χ2n) is 7.57. The molecule has 3 aromatic rings. The first-order chi connectivity index (χ1) is 15.0. The van der Waals surface area contributed by atoms with Gasteiger partial charge in [0.05, 0.1) is 11.3 Å². The Kier molecular flexibility index (Phi) is 4.31. The average molecular weight is 430 g/mol. The summed E-state index contributed by atoms with van der Waals surface area (Å²) in [5, 5.41) is 17.4. The van der Waals surface area contributed by atoms with Crippen LogP contribution < -0.4 is 15.4 Å². The maximum atomic E-state index is 13.8. The van der Waals surface area contributed by atoms with Gasteiger partial charge in [0.15, 0.2) is 0 Å². The molecule has 0 saturated carbocycles. The number of carbonyl (C=O) groups excluding carboxylic acids is 1. The third-order valence-corrected chi connectivity index (χ3v) is 6.86. The first kappa shape index (κ1) is 19.3. The predicted molar refractivity (Wildman–Crippen MR) is 117 cm³/mol. The number of hydrogen-bond donors (Lipinski definition) is 2. The molecule has 0 radical (unpaired) electrons. The van der Waals surface area contributed by atoms with Gasteiger partial charge in [-0.15, -0.1) is 16.9 Å². The fourth-order valence-electron chi connectivity index (χ4n) is 4.36. The number of aromatic amines is 1. The number of nitrogens with two attached hydrogens (primary N) is 1. The molecule has 7 nitrogen and oxygen atoms in total. The van der Waals surface area contributed by atoms with E-state index >= 15 is 0 Å². The summed E-state index contributed by atoms with van der Waals surface area (Å²) in [6, 6.07) is 17.8. The van der Waals surface area contributed by atoms with Gasteiger partial charge in [-0.3, -0.25) is 9.89 Å². The van der Waals surface area contributed by atoms with Crippen LogP contribution in [0.5, 0.6) is 5.88 Å². The summed E-state index contributed by atoms with van der Waals surface area (Å²) < 4.78 is 5.68. The van der Waals surface area contributed by atoms with Gasteiger partial charge >= 0.3 is 0 Å². The van der Waals surface area contributed by atoms with Gasteiger partial charge in [-0.05, 0) is 25.1 Å². The van der Waals surface area contributed by atoms with E-state index in [9.17, 15) is 10.1 Å². The molecule has 2 aromatic carbocycles. The summed E-state index contributed by atoms with van der Waals surface area (Å²) in [7, 11) is 1.71. The molecule has 1 spiro atoms. The number of aryl methyl sites for hydroxylation is 1. The number of para-hydroxylation sites is 1. The Bertz CT molecular complexity index is 1290. The second kappa shape index (κ2) is 6.93. The molecule has 2 aliphatic rings. The van der Waals surface area contributed by atoms with Gasteiger partial charge in [-0.25, -0.2) is 0 Å². The van der Waals surface area contributed by atoms with E-state index in [4.69, 9.17) is 10.5 Å². The Morgan fingerprint density at radius 1 is 1.26 bits per heavy atom. The largest absolute Gasteiger partial charge is 0.420 e. The highest BCUT2D eigenvalue weighted by Gasteiger charge is 2.60. The molecule has 8 heteroatoms. The molecule has 1 atom stereocenters. The number of thioether (sulfide) groups is 1. The van der Waals surface area contributed by atoms with E-state index in [-0.39, 0.29) is 23.2 Å². The minimum absolute atomic E-state index is 0.0878. The molecule has 1 amide bonds. The van der Waals surface area contributed by atoms with Crippen LogP contribution in [0, 0.1) is 18.3 Å². The van der Waals surface area contributed by atoms with Crippen molar-refractivity contribution >= 4 is 23.4 Å². The lowest BCUT2D eigenvalue weighted by molar-refractivity contribution is -0.120. The first-order valence-electron chi connectivity index (χ1n) is 9.71. The van der Waals surface area contributed by atoms with Crippen molar-refractivity contribution in [3.8, 4) is 11.9 Å². The highest BCUT2D eigenvalue weighted by atomic mass is 32.2. The number of hydrogen-bond acceptors (Lipinski definition) is 6. The summed E-state index contributed by atoms with van der Waals surface area (Å²) >= 11 is 1.61. The molecule has 0 bridgehead atoms. The van der Waals surface area contributed by atoms with Crippen LogP contribution in [-0.4, -0.2) is 23.2 Å². The minimum atomic E-state index is -1.38. The van der Waals surface area contributed by atoms with Gasteiger partial charge < -0.3 is 15.4 Å². The monoisotopic (exact) mass is 429 g/mol. The molecule has 0 saturated heterocycles. The number of nitrogens with zero attached hydrogens (tertiary/aromatic N) is 3. The molecule has 31 heavy (non-hydrogen) atoms. The van der Waals surface area contributed by atoms with Crippen LogP contribution in [0.4, 0.5) is 5.69 Å². The SMILES string of the molecule is Cc1ccc(SCc2[nH]nc3c2[C@@]2(C(=O)N(C)c4ccccc42)C(C#N)=C(N)O3)cc1. The first-order valence-corrected chi connectivity index (χ1v) is 10.7. The van der Waals surface area contributed by atoms with E-state index in [0.717, 1.165) is 16.3 Å². The Balaban J connectivity index is 1.69. The van der Waals surface area contributed by atoms with Gasteiger partial charge in [0.2, 0.25) is 17.7 Å². The summed E-state index contributed by atoms with van der Waals surface area (Å²) in [5.41, 5.74) is 8.73. The van der Waals surface area contributed by atoms with E-state index < -0.39 is 5.41 Å². The molecule has 2 aliphatic heterocycles. The molecule has 0 fully saturated rings. The topological polar surface area (TPSA) is 108 Å². The van der Waals surface area contributed by atoms with Gasteiger partial charge in [0.25, 0.3) is 0 Å². The third-order valence-electron chi connectivity index (χ3n) is 5.82. The standard InChI is InChI=1S/C23H19N5O2S/c1-13-7-9-14(10-8-13)31-12-17-19-21(27-26-17)30-20(25)16(11-24)23(19)15-5-3-4-6-18(15)28(2)22(23)29/h3-10H,12,25H2,1-2H3,(H,26,27)/t23-/m0/s1. The van der Waals surface area contributed by atoms with Crippen LogP contribution in [0.15, 0.2) is 64.9 Å². The lowest BCUT2D eigenvalue weighted by Crippen LogP contribution is -2.45. The summed E-state index contributed by atoms with van der Waals surface area (Å²) in [6.07, 6.45) is 0. The van der Waals surface area contributed by atoms with Crippen LogP contribution in [0.2, 0.25) is 0 Å². The highest BCUT2D eigenvalue weighted by molar-refractivity contribution is 7.98. The molecular formula is C23H19N5O2S. The number of anilines is 1. The maximum absolute atomic E-state index is 13.8. The van der Waals surface area contributed by atoms with Crippen molar-refractivity contribution in [2.24, 2.45) is 5.73 Å². The van der Waals surface area contributed by atoms with Crippen LogP contribution in [0.1, 0.15) is 22.4 Å². The van der Waals surface area contributed by atoms with Crippen molar-refractivity contribution in [2.75, 3.05) is 11.9 Å². The maximum Gasteiger partial charge on any atom is 0.247 e. The molecule has 5 rings (SSSR count). The molecule has 3 heterocycles. The van der Waals surface area contributed by atoms with E-state index in [0.29, 0.717) is 16.9 Å². The Hall–Kier alpha value is -3.70. The third kappa shape index (κ3) is 2.60. The lowest BCUT2D eigenvalue weighted by atomic mass is 9.69. The number of ether oxygens (including phenoxy) is 1. The number of aromatic nitrogens is 2. The molecular weight excluding hydrogens is 410 g/mol. The summed E-state index contributed by atoms with van der Waals surface area (Å²) in [4.78, 5) is 16.4. The summed E-state index contributed by atoms with van der Waals surface area (Å²) in [5.74, 6) is 0.404. The van der Waals surface area contributed by atoms with Crippen molar-refractivity contribution in [3.63, 3.8) is 0 Å². The molecule has 1 aromatic heterocycles. The van der Waals surface area contributed by atoms with E-state index in [2.05, 4.69) is 40.5 Å².